The normalized spacial score (nSPS) is 10.1. The molecular formula is C12H9Br2N3O3. The van der Waals surface area contributed by atoms with Crippen LogP contribution >= 0.6 is 31.9 Å². The molecule has 8 heteroatoms. The number of nitrogens with one attached hydrogen (secondary N) is 3. The molecule has 2 amide bonds. The van der Waals surface area contributed by atoms with Crippen molar-refractivity contribution in [3.8, 4) is 5.75 Å². The summed E-state index contributed by atoms with van der Waals surface area (Å²) >= 11 is 6.37. The first-order valence-electron chi connectivity index (χ1n) is 5.40. The summed E-state index contributed by atoms with van der Waals surface area (Å²) in [5, 5.41) is 9.63. The fraction of sp³-hybridized carbons (Fsp3) is 0. The van der Waals surface area contributed by atoms with Crippen molar-refractivity contribution in [2.75, 3.05) is 0 Å². The maximum atomic E-state index is 11.8. The summed E-state index contributed by atoms with van der Waals surface area (Å²) in [6.07, 6.45) is 1.59. The molecule has 0 saturated carbocycles. The van der Waals surface area contributed by atoms with Crippen LogP contribution in [0.5, 0.6) is 5.75 Å². The van der Waals surface area contributed by atoms with Crippen molar-refractivity contribution < 1.29 is 14.7 Å². The number of benzene rings is 1. The number of hydrazine groups is 1. The molecule has 104 valence electrons. The molecule has 0 aliphatic rings. The highest BCUT2D eigenvalue weighted by molar-refractivity contribution is 9.10. The Kier molecular flexibility index (Phi) is 4.46. The number of hydrogen-bond donors (Lipinski definition) is 4. The minimum absolute atomic E-state index is 0.0566. The van der Waals surface area contributed by atoms with Gasteiger partial charge in [0, 0.05) is 15.1 Å². The maximum Gasteiger partial charge on any atom is 0.286 e. The summed E-state index contributed by atoms with van der Waals surface area (Å²) in [6.45, 7) is 0. The lowest BCUT2D eigenvalue weighted by molar-refractivity contribution is 0.0842. The Labute approximate surface area is 130 Å². The number of rotatable bonds is 2. The van der Waals surface area contributed by atoms with Crippen LogP contribution in [-0.2, 0) is 0 Å². The van der Waals surface area contributed by atoms with Crippen molar-refractivity contribution in [2.45, 2.75) is 0 Å². The zero-order valence-corrected chi connectivity index (χ0v) is 13.1. The minimum Gasteiger partial charge on any atom is -0.507 e. The van der Waals surface area contributed by atoms with Crippen LogP contribution in [0.15, 0.2) is 39.4 Å². The molecule has 6 nitrogen and oxygen atoms in total. The number of hydrogen-bond acceptors (Lipinski definition) is 3. The van der Waals surface area contributed by atoms with Gasteiger partial charge in [-0.3, -0.25) is 20.4 Å². The standard InChI is InChI=1S/C12H9Br2N3O3/c13-6-1-2-8(10(18)4-6)11(19)16-17-12(20)9-3-7(14)5-15-9/h1-5,15,18H,(H,16,19)(H,17,20). The fourth-order valence-corrected chi connectivity index (χ4v) is 2.14. The van der Waals surface area contributed by atoms with Gasteiger partial charge in [0.25, 0.3) is 11.8 Å². The van der Waals surface area contributed by atoms with Crippen molar-refractivity contribution in [2.24, 2.45) is 0 Å². The number of aromatic nitrogens is 1. The highest BCUT2D eigenvalue weighted by atomic mass is 79.9. The number of H-pyrrole nitrogens is 1. The van der Waals surface area contributed by atoms with E-state index >= 15 is 0 Å². The van der Waals surface area contributed by atoms with E-state index in [2.05, 4.69) is 47.7 Å². The van der Waals surface area contributed by atoms with E-state index in [0.717, 1.165) is 4.47 Å². The second kappa shape index (κ2) is 6.10. The molecule has 0 unspecified atom stereocenters. The van der Waals surface area contributed by atoms with Gasteiger partial charge in [-0.25, -0.2) is 0 Å². The van der Waals surface area contributed by atoms with E-state index in [4.69, 9.17) is 0 Å². The van der Waals surface area contributed by atoms with Gasteiger partial charge >= 0.3 is 0 Å². The van der Waals surface area contributed by atoms with Crippen molar-refractivity contribution in [1.29, 1.82) is 0 Å². The van der Waals surface area contributed by atoms with E-state index in [-0.39, 0.29) is 17.0 Å². The van der Waals surface area contributed by atoms with E-state index in [9.17, 15) is 14.7 Å². The smallest absolute Gasteiger partial charge is 0.286 e. The molecule has 20 heavy (non-hydrogen) atoms. The minimum atomic E-state index is -0.617. The number of carbonyl (C=O) groups excluding carboxylic acids is 2. The van der Waals surface area contributed by atoms with Gasteiger partial charge in [-0.05, 0) is 40.2 Å². The largest absolute Gasteiger partial charge is 0.507 e. The lowest BCUT2D eigenvalue weighted by Gasteiger charge is -2.07. The molecule has 0 saturated heterocycles. The van der Waals surface area contributed by atoms with Crippen LogP contribution in [0.4, 0.5) is 0 Å². The highest BCUT2D eigenvalue weighted by Gasteiger charge is 2.13. The number of halogens is 2. The third-order valence-electron chi connectivity index (χ3n) is 2.39. The summed E-state index contributed by atoms with van der Waals surface area (Å²) in [4.78, 5) is 26.2. The Morgan fingerprint density at radius 3 is 2.35 bits per heavy atom. The van der Waals surface area contributed by atoms with E-state index in [1.54, 1.807) is 18.3 Å². The number of aromatic hydroxyl groups is 1. The lowest BCUT2D eigenvalue weighted by Crippen LogP contribution is -2.41. The number of phenolic OH excluding ortho intramolecular Hbond substituents is 1. The topological polar surface area (TPSA) is 94.2 Å². The molecular weight excluding hydrogens is 394 g/mol. The molecule has 1 heterocycles. The monoisotopic (exact) mass is 401 g/mol. The molecule has 2 rings (SSSR count). The van der Waals surface area contributed by atoms with Crippen LogP contribution in [-0.4, -0.2) is 21.9 Å². The van der Waals surface area contributed by atoms with Crippen LogP contribution in [0.1, 0.15) is 20.8 Å². The fourth-order valence-electron chi connectivity index (χ4n) is 1.44. The highest BCUT2D eigenvalue weighted by Crippen LogP contribution is 2.21. The Morgan fingerprint density at radius 1 is 1.05 bits per heavy atom. The van der Waals surface area contributed by atoms with Crippen LogP contribution in [0.3, 0.4) is 0 Å². The first-order valence-corrected chi connectivity index (χ1v) is 6.99. The Balaban J connectivity index is 2.00. The molecule has 0 spiro atoms. The van der Waals surface area contributed by atoms with E-state index in [1.807, 2.05) is 0 Å². The maximum absolute atomic E-state index is 11.8. The molecule has 0 aliphatic heterocycles. The third-order valence-corrected chi connectivity index (χ3v) is 3.34. The molecule has 0 fully saturated rings. The predicted molar refractivity (Wildman–Crippen MR) is 79.2 cm³/mol. The molecule has 1 aromatic heterocycles. The first-order chi connectivity index (χ1) is 9.47. The van der Waals surface area contributed by atoms with Gasteiger partial charge < -0.3 is 10.1 Å². The zero-order valence-electron chi connectivity index (χ0n) is 9.91. The second-order valence-electron chi connectivity index (χ2n) is 3.80. The zero-order chi connectivity index (χ0) is 14.7. The van der Waals surface area contributed by atoms with E-state index in [1.165, 1.54) is 12.1 Å². The molecule has 1 aromatic carbocycles. The van der Waals surface area contributed by atoms with Crippen LogP contribution in [0, 0.1) is 0 Å². The summed E-state index contributed by atoms with van der Waals surface area (Å²) in [6, 6.07) is 6.00. The van der Waals surface area contributed by atoms with E-state index in [0.29, 0.717) is 4.47 Å². The summed E-state index contributed by atoms with van der Waals surface area (Å²) in [5.41, 5.74) is 4.80. The quantitative estimate of drug-likeness (QED) is 0.580. The molecule has 0 radical (unpaired) electrons. The van der Waals surface area contributed by atoms with Gasteiger partial charge in [-0.1, -0.05) is 15.9 Å². The average Bonchev–Trinajstić information content (AvgIpc) is 2.82. The number of aromatic amines is 1. The van der Waals surface area contributed by atoms with Gasteiger partial charge in [0.1, 0.15) is 11.4 Å². The summed E-state index contributed by atoms with van der Waals surface area (Å²) in [5.74, 6) is -1.30. The number of carbonyl (C=O) groups is 2. The lowest BCUT2D eigenvalue weighted by atomic mass is 10.2. The SMILES string of the molecule is O=C(NNC(=O)c1ccc(Br)cc1O)c1cc(Br)c[nH]1. The number of amides is 2. The Bertz CT molecular complexity index is 670. The van der Waals surface area contributed by atoms with Crippen molar-refractivity contribution in [3.05, 3.63) is 50.7 Å². The van der Waals surface area contributed by atoms with Gasteiger partial charge in [-0.15, -0.1) is 0 Å². The molecule has 4 N–H and O–H groups in total. The molecule has 0 bridgehead atoms. The first kappa shape index (κ1) is 14.6. The molecule has 2 aromatic rings. The van der Waals surface area contributed by atoms with Gasteiger partial charge in [-0.2, -0.15) is 0 Å². The summed E-state index contributed by atoms with van der Waals surface area (Å²) < 4.78 is 1.37. The third kappa shape index (κ3) is 3.40. The van der Waals surface area contributed by atoms with Crippen molar-refractivity contribution in [3.63, 3.8) is 0 Å². The van der Waals surface area contributed by atoms with Crippen molar-refractivity contribution in [1.82, 2.24) is 15.8 Å². The van der Waals surface area contributed by atoms with Gasteiger partial charge in [0.2, 0.25) is 0 Å². The van der Waals surface area contributed by atoms with Gasteiger partial charge in [0.05, 0.1) is 5.56 Å². The van der Waals surface area contributed by atoms with E-state index < -0.39 is 11.8 Å². The second-order valence-corrected chi connectivity index (χ2v) is 5.63. The molecule has 0 atom stereocenters. The van der Waals surface area contributed by atoms with Crippen LogP contribution in [0.25, 0.3) is 0 Å². The van der Waals surface area contributed by atoms with Crippen LogP contribution < -0.4 is 10.9 Å². The molecule has 0 aliphatic carbocycles. The van der Waals surface area contributed by atoms with Crippen molar-refractivity contribution >= 4 is 43.7 Å². The number of phenols is 1. The summed E-state index contributed by atoms with van der Waals surface area (Å²) in [7, 11) is 0. The van der Waals surface area contributed by atoms with Gasteiger partial charge in [0.15, 0.2) is 0 Å². The predicted octanol–water partition coefficient (Wildman–Crippen LogP) is 2.32. The average molecular weight is 403 g/mol. The Morgan fingerprint density at radius 2 is 1.75 bits per heavy atom. The Hall–Kier alpha value is -1.80. The van der Waals surface area contributed by atoms with Crippen LogP contribution in [0.2, 0.25) is 0 Å².